The molecule has 74 valence electrons. The van der Waals surface area contributed by atoms with Crippen molar-refractivity contribution < 1.29 is 124 Å². The molecular formula is BiLaO9Ti3. The monoisotopic (exact) mass is 636 g/mol. The molecule has 0 atom stereocenters. The molecule has 0 saturated carbocycles. The second-order valence-corrected chi connectivity index (χ2v) is 3.09. The molecule has 0 fully saturated rings. The molecule has 0 aromatic rings. The van der Waals surface area contributed by atoms with Crippen molar-refractivity contribution in [3.05, 3.63) is 0 Å². The zero-order valence-electron chi connectivity index (χ0n) is 6.20. The van der Waals surface area contributed by atoms with Crippen molar-refractivity contribution in [1.29, 1.82) is 0 Å². The summed E-state index contributed by atoms with van der Waals surface area (Å²) in [6, 6.07) is 0. The molecule has 2 radical (unpaired) electrons. The van der Waals surface area contributed by atoms with Crippen LogP contribution in [0.2, 0.25) is 0 Å². The summed E-state index contributed by atoms with van der Waals surface area (Å²) in [6.45, 7) is 0. The predicted octanol–water partition coefficient (Wildman–Crippen LogP) is -7.88. The first kappa shape index (κ1) is 30.4. The molecular weight excluding hydrogens is 635 g/mol. The Balaban J connectivity index is -0.0000000270. The van der Waals surface area contributed by atoms with E-state index in [0.29, 0.717) is 0 Å². The molecule has 0 heterocycles. The zero-order chi connectivity index (χ0) is 10.7. The van der Waals surface area contributed by atoms with Gasteiger partial charge in [-0.25, -0.2) is 0 Å². The summed E-state index contributed by atoms with van der Waals surface area (Å²) in [7, 11) is 0. The summed E-state index contributed by atoms with van der Waals surface area (Å²) in [6.07, 6.45) is 0. The van der Waals surface area contributed by atoms with E-state index in [-0.39, 0.29) is 61.8 Å². The van der Waals surface area contributed by atoms with E-state index in [1.54, 1.807) is 0 Å². The molecule has 0 spiro atoms. The van der Waals surface area contributed by atoms with Crippen LogP contribution in [0.15, 0.2) is 0 Å². The summed E-state index contributed by atoms with van der Waals surface area (Å²) in [5, 5.41) is 0. The van der Waals surface area contributed by atoms with E-state index in [1.165, 1.54) is 0 Å². The standard InChI is InChI=1S/Bi.La.9O.3Ti/q2*+3;;;;6*-1;;;. The predicted molar refractivity (Wildman–Crippen MR) is 7.81 cm³/mol. The normalized spacial score (nSPS) is 5.57. The van der Waals surface area contributed by atoms with Crippen LogP contribution in [0.3, 0.4) is 0 Å². The van der Waals surface area contributed by atoms with Crippen LogP contribution in [-0.4, -0.2) is 26.2 Å². The van der Waals surface area contributed by atoms with Crippen molar-refractivity contribution in [2.45, 2.75) is 0 Å². The molecule has 0 bridgehead atoms. The van der Waals surface area contributed by atoms with Crippen LogP contribution in [-0.2, 0) is 65.8 Å². The van der Waals surface area contributed by atoms with E-state index in [9.17, 15) is 0 Å². The molecule has 0 unspecified atom stereocenters. The van der Waals surface area contributed by atoms with E-state index >= 15 is 0 Å². The average Bonchev–Trinajstić information content (AvgIpc) is 1.54. The van der Waals surface area contributed by atoms with Crippen LogP contribution in [0.1, 0.15) is 0 Å². The van der Waals surface area contributed by atoms with Crippen molar-refractivity contribution >= 4 is 26.2 Å². The second kappa shape index (κ2) is 25.3. The first-order valence-electron chi connectivity index (χ1n) is 1.84. The first-order valence-corrected chi connectivity index (χ1v) is 7.57. The molecule has 14 heavy (non-hydrogen) atoms. The Labute approximate surface area is 147 Å². The minimum atomic E-state index is -4.08. The van der Waals surface area contributed by atoms with Crippen molar-refractivity contribution in [3.63, 3.8) is 0 Å². The SMILES string of the molecule is [Bi+3].[La+3].[O]=[Ti]([O-])[O-].[O]=[Ti]([O-])[O-].[O]=[Ti]([O-])[O-]. The summed E-state index contributed by atoms with van der Waals surface area (Å²) in [5.74, 6) is 0. The number of rotatable bonds is 0. The van der Waals surface area contributed by atoms with Gasteiger partial charge in [0.2, 0.25) is 0 Å². The molecule has 0 aliphatic rings. The van der Waals surface area contributed by atoms with Crippen LogP contribution in [0.4, 0.5) is 0 Å². The third-order valence-corrected chi connectivity index (χ3v) is 0. The van der Waals surface area contributed by atoms with Gasteiger partial charge in [0.05, 0.1) is 0 Å². The Kier molecular flexibility index (Phi) is 54.9. The Morgan fingerprint density at radius 1 is 0.571 bits per heavy atom. The van der Waals surface area contributed by atoms with Gasteiger partial charge in [0.25, 0.3) is 0 Å². The van der Waals surface area contributed by atoms with Crippen molar-refractivity contribution in [2.24, 2.45) is 0 Å². The van der Waals surface area contributed by atoms with Gasteiger partial charge in [0.15, 0.2) is 0 Å². The molecule has 0 saturated heterocycles. The van der Waals surface area contributed by atoms with E-state index in [1.807, 2.05) is 0 Å². The van der Waals surface area contributed by atoms with Gasteiger partial charge in [-0.2, -0.15) is 0 Å². The van der Waals surface area contributed by atoms with E-state index < -0.39 is 55.8 Å². The number of hydrogen-bond acceptors (Lipinski definition) is 9. The molecule has 0 amide bonds. The van der Waals surface area contributed by atoms with E-state index in [4.69, 9.17) is 32.1 Å². The third-order valence-electron chi connectivity index (χ3n) is 0. The van der Waals surface area contributed by atoms with Crippen molar-refractivity contribution in [2.75, 3.05) is 0 Å². The Hall–Kier alpha value is 3.38. The van der Waals surface area contributed by atoms with E-state index in [0.717, 1.165) is 0 Å². The topological polar surface area (TPSA) is 190 Å². The molecule has 0 aliphatic heterocycles. The third kappa shape index (κ3) is 278. The molecule has 0 N–H and O–H groups in total. The minimum absolute atomic E-state index is 0. The van der Waals surface area contributed by atoms with Gasteiger partial charge in [-0.15, -0.1) is 0 Å². The Bertz CT molecular complexity index is 118. The molecule has 9 nitrogen and oxygen atoms in total. The Morgan fingerprint density at radius 3 is 0.571 bits per heavy atom. The summed E-state index contributed by atoms with van der Waals surface area (Å²) in [4.78, 5) is 0. The van der Waals surface area contributed by atoms with Crippen molar-refractivity contribution in [1.82, 2.24) is 0 Å². The van der Waals surface area contributed by atoms with Gasteiger partial charge in [0, 0.05) is 0 Å². The molecule has 14 heteroatoms. The summed E-state index contributed by atoms with van der Waals surface area (Å²) in [5.41, 5.74) is 0. The van der Waals surface area contributed by atoms with Crippen LogP contribution in [0.25, 0.3) is 0 Å². The zero-order valence-corrected chi connectivity index (χ0v) is 18.0. The van der Waals surface area contributed by atoms with Crippen molar-refractivity contribution in [3.8, 4) is 0 Å². The summed E-state index contributed by atoms with van der Waals surface area (Å²) < 4.78 is 77.2. The fraction of sp³-hybridized carbons (Fsp3) is 0. The fourth-order valence-electron chi connectivity index (χ4n) is 0. The van der Waals surface area contributed by atoms with Crippen LogP contribution < -0.4 is 22.1 Å². The first-order chi connectivity index (χ1) is 5.20. The summed E-state index contributed by atoms with van der Waals surface area (Å²) >= 11 is -12.2. The molecule has 0 aromatic heterocycles. The van der Waals surface area contributed by atoms with Crippen LogP contribution in [0.5, 0.6) is 0 Å². The van der Waals surface area contributed by atoms with Gasteiger partial charge in [-0.1, -0.05) is 0 Å². The number of hydrogen-bond donors (Lipinski definition) is 0. The quantitative estimate of drug-likeness (QED) is 0.233. The maximum atomic E-state index is 8.58. The second-order valence-electron chi connectivity index (χ2n) is 0.750. The van der Waals surface area contributed by atoms with Gasteiger partial charge < -0.3 is 0 Å². The van der Waals surface area contributed by atoms with Gasteiger partial charge in [-0.05, 0) is 0 Å². The molecule has 0 aliphatic carbocycles. The van der Waals surface area contributed by atoms with Crippen LogP contribution in [0, 0.1) is 35.6 Å². The average molecular weight is 635 g/mol. The molecule has 0 rings (SSSR count). The molecule has 0 aromatic carbocycles. The fourth-order valence-corrected chi connectivity index (χ4v) is 0. The maximum absolute atomic E-state index is 8.58. The van der Waals surface area contributed by atoms with Gasteiger partial charge in [0.1, 0.15) is 0 Å². The Morgan fingerprint density at radius 2 is 0.571 bits per heavy atom. The van der Waals surface area contributed by atoms with E-state index in [2.05, 4.69) is 0 Å². The van der Waals surface area contributed by atoms with Gasteiger partial charge >= 0.3 is 150 Å². The van der Waals surface area contributed by atoms with Gasteiger partial charge in [-0.3, -0.25) is 0 Å². The van der Waals surface area contributed by atoms with Crippen LogP contribution >= 0.6 is 0 Å².